The highest BCUT2D eigenvalue weighted by Crippen LogP contribution is 2.34. The molecule has 1 fully saturated rings. The number of ketones is 2. The topological polar surface area (TPSA) is 71.4 Å². The number of carbonyl (C=O) groups is 3. The van der Waals surface area contributed by atoms with Crippen molar-refractivity contribution in [1.29, 1.82) is 0 Å². The Bertz CT molecular complexity index is 677. The first kappa shape index (κ1) is 16.0. The van der Waals surface area contributed by atoms with Gasteiger partial charge in [-0.2, -0.15) is 0 Å². The Balaban J connectivity index is 2.43. The fourth-order valence-electron chi connectivity index (χ4n) is 3.12. The minimum absolute atomic E-state index is 0.0822. The van der Waals surface area contributed by atoms with Gasteiger partial charge in [0.2, 0.25) is 0 Å². The van der Waals surface area contributed by atoms with E-state index in [2.05, 4.69) is 11.8 Å². The molecule has 1 N–H and O–H groups in total. The van der Waals surface area contributed by atoms with Gasteiger partial charge in [-0.25, -0.2) is 0 Å². The Morgan fingerprint density at radius 1 is 1.14 bits per heavy atom. The summed E-state index contributed by atoms with van der Waals surface area (Å²) in [6.45, 7) is 5.46. The van der Waals surface area contributed by atoms with Crippen LogP contribution in [0.5, 0.6) is 0 Å². The molecule has 0 spiro atoms. The van der Waals surface area contributed by atoms with Crippen molar-refractivity contribution in [1.82, 2.24) is 0 Å². The van der Waals surface area contributed by atoms with Gasteiger partial charge in [-0.05, 0) is 49.6 Å². The molecule has 1 aromatic carbocycles. The van der Waals surface area contributed by atoms with Gasteiger partial charge in [0, 0.05) is 18.4 Å². The van der Waals surface area contributed by atoms with Gasteiger partial charge in [-0.3, -0.25) is 14.4 Å². The second-order valence-electron chi connectivity index (χ2n) is 5.71. The van der Waals surface area contributed by atoms with Crippen LogP contribution in [-0.2, 0) is 14.4 Å². The summed E-state index contributed by atoms with van der Waals surface area (Å²) in [4.78, 5) is 35.7. The molecule has 0 aromatic heterocycles. The number of rotatable bonds is 2. The van der Waals surface area contributed by atoms with Crippen LogP contribution in [0, 0.1) is 31.6 Å². The molecular formula is C18H18O4. The monoisotopic (exact) mass is 298 g/mol. The van der Waals surface area contributed by atoms with Crippen LogP contribution in [0.4, 0.5) is 0 Å². The van der Waals surface area contributed by atoms with Crippen LogP contribution in [0.1, 0.15) is 47.9 Å². The molecule has 1 aromatic rings. The lowest BCUT2D eigenvalue weighted by atomic mass is 9.74. The van der Waals surface area contributed by atoms with Gasteiger partial charge in [0.25, 0.3) is 0 Å². The molecule has 0 amide bonds. The number of Topliss-reactive ketones (excluding diaryl/α,β-unsaturated/α-hetero) is 2. The number of aryl methyl sites for hydroxylation is 2. The molecule has 0 saturated heterocycles. The zero-order valence-electron chi connectivity index (χ0n) is 12.9. The molecule has 4 heteroatoms. The van der Waals surface area contributed by atoms with Crippen molar-refractivity contribution in [3.63, 3.8) is 0 Å². The summed E-state index contributed by atoms with van der Waals surface area (Å²) in [5, 5.41) is 9.02. The maximum absolute atomic E-state index is 12.3. The van der Waals surface area contributed by atoms with Gasteiger partial charge in [0.15, 0.2) is 0 Å². The molecule has 2 rings (SSSR count). The van der Waals surface area contributed by atoms with Gasteiger partial charge in [0.05, 0.1) is 5.92 Å². The fraction of sp³-hybridized carbons (Fsp3) is 0.389. The van der Waals surface area contributed by atoms with Gasteiger partial charge in [-0.15, -0.1) is 5.92 Å². The van der Waals surface area contributed by atoms with Crippen LogP contribution in [-0.4, -0.2) is 22.6 Å². The molecule has 0 atom stereocenters. The third kappa shape index (κ3) is 2.94. The maximum atomic E-state index is 12.3. The zero-order chi connectivity index (χ0) is 16.4. The van der Waals surface area contributed by atoms with Crippen molar-refractivity contribution < 1.29 is 19.5 Å². The Labute approximate surface area is 129 Å². The van der Waals surface area contributed by atoms with Gasteiger partial charge in [-0.1, -0.05) is 5.92 Å². The molecule has 0 bridgehead atoms. The second-order valence-corrected chi connectivity index (χ2v) is 5.71. The molecule has 0 heterocycles. The lowest BCUT2D eigenvalue weighted by Gasteiger charge is -2.26. The average molecular weight is 298 g/mol. The van der Waals surface area contributed by atoms with Gasteiger partial charge in [0.1, 0.15) is 17.5 Å². The van der Waals surface area contributed by atoms with Crippen molar-refractivity contribution >= 4 is 17.5 Å². The van der Waals surface area contributed by atoms with E-state index in [0.717, 1.165) is 16.7 Å². The van der Waals surface area contributed by atoms with Crippen molar-refractivity contribution in [2.75, 3.05) is 0 Å². The number of aliphatic carboxylic acids is 1. The predicted octanol–water partition coefficient (Wildman–Crippen LogP) is 2.39. The summed E-state index contributed by atoms with van der Waals surface area (Å²) in [7, 11) is 0. The normalized spacial score (nSPS) is 21.2. The molecule has 1 aliphatic carbocycles. The summed E-state index contributed by atoms with van der Waals surface area (Å²) in [6, 6.07) is 3.73. The van der Waals surface area contributed by atoms with E-state index in [-0.39, 0.29) is 24.4 Å². The summed E-state index contributed by atoms with van der Waals surface area (Å²) in [5.41, 5.74) is 3.25. The Kier molecular flexibility index (Phi) is 4.46. The third-order valence-corrected chi connectivity index (χ3v) is 4.04. The van der Waals surface area contributed by atoms with E-state index < -0.39 is 17.8 Å². The van der Waals surface area contributed by atoms with Crippen LogP contribution in [0.15, 0.2) is 12.1 Å². The molecule has 0 radical (unpaired) electrons. The maximum Gasteiger partial charge on any atom is 0.307 e. The molecule has 0 aliphatic heterocycles. The lowest BCUT2D eigenvalue weighted by molar-refractivity contribution is -0.149. The lowest BCUT2D eigenvalue weighted by Crippen LogP contribution is -2.35. The van der Waals surface area contributed by atoms with E-state index in [1.165, 1.54) is 0 Å². The smallest absolute Gasteiger partial charge is 0.307 e. The molecule has 22 heavy (non-hydrogen) atoms. The first-order chi connectivity index (χ1) is 10.3. The number of carbonyl (C=O) groups excluding carboxylic acids is 2. The average Bonchev–Trinajstić information content (AvgIpc) is 2.41. The van der Waals surface area contributed by atoms with E-state index in [9.17, 15) is 14.4 Å². The standard InChI is InChI=1S/C18H18O4/c1-4-5-12-6-10(2)16(11(3)7-12)17-14(19)8-13(18(21)22)9-15(17)20/h6-7,13,17H,8-9H2,1-3H3,(H,21,22). The minimum atomic E-state index is -1.08. The highest BCUT2D eigenvalue weighted by molar-refractivity contribution is 6.12. The van der Waals surface area contributed by atoms with Gasteiger partial charge >= 0.3 is 5.97 Å². The van der Waals surface area contributed by atoms with E-state index in [1.807, 2.05) is 26.0 Å². The fourth-order valence-corrected chi connectivity index (χ4v) is 3.12. The molecule has 0 unspecified atom stereocenters. The third-order valence-electron chi connectivity index (χ3n) is 4.04. The van der Waals surface area contributed by atoms with Crippen LogP contribution in [0.2, 0.25) is 0 Å². The number of carboxylic acid groups (broad SMARTS) is 1. The quantitative estimate of drug-likeness (QED) is 0.672. The summed E-state index contributed by atoms with van der Waals surface area (Å²) >= 11 is 0. The minimum Gasteiger partial charge on any atom is -0.481 e. The number of hydrogen-bond donors (Lipinski definition) is 1. The molecule has 1 saturated carbocycles. The van der Waals surface area contributed by atoms with E-state index >= 15 is 0 Å². The van der Waals surface area contributed by atoms with Crippen LogP contribution < -0.4 is 0 Å². The van der Waals surface area contributed by atoms with Crippen molar-refractivity contribution in [3.05, 3.63) is 34.4 Å². The van der Waals surface area contributed by atoms with E-state index in [0.29, 0.717) is 5.56 Å². The van der Waals surface area contributed by atoms with Crippen LogP contribution in [0.3, 0.4) is 0 Å². The highest BCUT2D eigenvalue weighted by Gasteiger charge is 2.40. The van der Waals surface area contributed by atoms with Crippen molar-refractivity contribution in [2.24, 2.45) is 5.92 Å². The largest absolute Gasteiger partial charge is 0.481 e. The highest BCUT2D eigenvalue weighted by atomic mass is 16.4. The Hall–Kier alpha value is -2.41. The zero-order valence-corrected chi connectivity index (χ0v) is 12.9. The molecular weight excluding hydrogens is 280 g/mol. The molecule has 114 valence electrons. The first-order valence-corrected chi connectivity index (χ1v) is 7.17. The summed E-state index contributed by atoms with van der Waals surface area (Å²) in [6.07, 6.45) is -0.164. The molecule has 1 aliphatic rings. The van der Waals surface area contributed by atoms with Crippen LogP contribution in [0.25, 0.3) is 0 Å². The van der Waals surface area contributed by atoms with E-state index in [4.69, 9.17) is 5.11 Å². The number of benzene rings is 1. The predicted molar refractivity (Wildman–Crippen MR) is 81.6 cm³/mol. The second kappa shape index (κ2) is 6.15. The van der Waals surface area contributed by atoms with E-state index in [1.54, 1.807) is 6.92 Å². The molecule has 4 nitrogen and oxygen atoms in total. The Morgan fingerprint density at radius 3 is 2.05 bits per heavy atom. The first-order valence-electron chi connectivity index (χ1n) is 7.17. The summed E-state index contributed by atoms with van der Waals surface area (Å²) < 4.78 is 0. The summed E-state index contributed by atoms with van der Waals surface area (Å²) in [5.74, 6) is 2.38. The SMILES string of the molecule is CC#Cc1cc(C)c(C2C(=O)CC(C(=O)O)CC2=O)c(C)c1. The van der Waals surface area contributed by atoms with Crippen LogP contribution >= 0.6 is 0 Å². The Morgan fingerprint density at radius 2 is 1.64 bits per heavy atom. The number of carboxylic acids is 1. The van der Waals surface area contributed by atoms with Crippen molar-refractivity contribution in [3.8, 4) is 11.8 Å². The van der Waals surface area contributed by atoms with Gasteiger partial charge < -0.3 is 5.11 Å². The number of hydrogen-bond acceptors (Lipinski definition) is 3. The van der Waals surface area contributed by atoms with Crippen molar-refractivity contribution in [2.45, 2.75) is 39.5 Å².